The Morgan fingerprint density at radius 3 is 2.54 bits per heavy atom. The largest absolute Gasteiger partial charge is 0.508 e. The van der Waals surface area contributed by atoms with Crippen LogP contribution in [-0.4, -0.2) is 5.11 Å². The minimum absolute atomic E-state index is 0. The second-order valence-corrected chi connectivity index (χ2v) is 3.22. The molecule has 0 amide bonds. The van der Waals surface area contributed by atoms with E-state index in [4.69, 9.17) is 0 Å². The summed E-state index contributed by atoms with van der Waals surface area (Å²) in [6.07, 6.45) is 3.57. The summed E-state index contributed by atoms with van der Waals surface area (Å²) in [5.74, 6) is 0.398. The molecular formula is C11H16AgO. The van der Waals surface area contributed by atoms with E-state index in [9.17, 15) is 5.11 Å². The van der Waals surface area contributed by atoms with Gasteiger partial charge in [0, 0.05) is 22.4 Å². The van der Waals surface area contributed by atoms with Crippen molar-refractivity contribution in [2.24, 2.45) is 0 Å². The molecule has 1 radical (unpaired) electrons. The minimum Gasteiger partial charge on any atom is -0.508 e. The van der Waals surface area contributed by atoms with Crippen LogP contribution >= 0.6 is 0 Å². The van der Waals surface area contributed by atoms with E-state index in [0.717, 1.165) is 12.0 Å². The van der Waals surface area contributed by atoms with Gasteiger partial charge in [0.1, 0.15) is 5.75 Å². The molecule has 0 saturated heterocycles. The third kappa shape index (κ3) is 3.99. The fourth-order valence-electron chi connectivity index (χ4n) is 1.25. The Hall–Kier alpha value is -0.240. The van der Waals surface area contributed by atoms with E-state index in [1.807, 2.05) is 13.0 Å². The average molecular weight is 272 g/mol. The van der Waals surface area contributed by atoms with Gasteiger partial charge in [0.05, 0.1) is 0 Å². The van der Waals surface area contributed by atoms with Gasteiger partial charge in [-0.2, -0.15) is 0 Å². The maximum absolute atomic E-state index is 9.27. The summed E-state index contributed by atoms with van der Waals surface area (Å²) in [5, 5.41) is 9.27. The van der Waals surface area contributed by atoms with E-state index in [1.54, 1.807) is 6.07 Å². The molecular weight excluding hydrogens is 256 g/mol. The maximum atomic E-state index is 9.27. The van der Waals surface area contributed by atoms with Gasteiger partial charge in [-0.05, 0) is 37.0 Å². The van der Waals surface area contributed by atoms with E-state index < -0.39 is 0 Å². The minimum atomic E-state index is 0. The van der Waals surface area contributed by atoms with E-state index in [1.165, 1.54) is 18.4 Å². The summed E-state index contributed by atoms with van der Waals surface area (Å²) in [6, 6.07) is 5.84. The molecule has 0 heterocycles. The average Bonchev–Trinajstić information content (AvgIpc) is 2.07. The standard InChI is InChI=1S/C11H16O.Ag/c1-3-4-5-10-6-7-11(12)9(2)8-10;/h6-8,12H,3-5H2,1-2H3;. The van der Waals surface area contributed by atoms with Crippen molar-refractivity contribution in [1.29, 1.82) is 0 Å². The van der Waals surface area contributed by atoms with Crippen LogP contribution in [-0.2, 0) is 28.8 Å². The smallest absolute Gasteiger partial charge is 0.118 e. The molecule has 0 bridgehead atoms. The number of aromatic hydroxyl groups is 1. The third-order valence-corrected chi connectivity index (χ3v) is 2.08. The van der Waals surface area contributed by atoms with Crippen molar-refractivity contribution < 1.29 is 27.5 Å². The van der Waals surface area contributed by atoms with Crippen molar-refractivity contribution in [3.63, 3.8) is 0 Å². The van der Waals surface area contributed by atoms with Crippen LogP contribution in [0, 0.1) is 6.92 Å². The zero-order chi connectivity index (χ0) is 8.97. The summed E-state index contributed by atoms with van der Waals surface area (Å²) < 4.78 is 0. The van der Waals surface area contributed by atoms with Crippen LogP contribution < -0.4 is 0 Å². The summed E-state index contributed by atoms with van der Waals surface area (Å²) in [4.78, 5) is 0. The topological polar surface area (TPSA) is 20.2 Å². The Morgan fingerprint density at radius 2 is 2.00 bits per heavy atom. The number of unbranched alkanes of at least 4 members (excludes halogenated alkanes) is 1. The molecule has 0 aromatic heterocycles. The zero-order valence-corrected chi connectivity index (χ0v) is 9.58. The van der Waals surface area contributed by atoms with Gasteiger partial charge in [-0.1, -0.05) is 25.5 Å². The fraction of sp³-hybridized carbons (Fsp3) is 0.455. The van der Waals surface area contributed by atoms with Gasteiger partial charge in [0.15, 0.2) is 0 Å². The van der Waals surface area contributed by atoms with Gasteiger partial charge >= 0.3 is 0 Å². The molecule has 13 heavy (non-hydrogen) atoms. The first-order valence-electron chi connectivity index (χ1n) is 4.52. The van der Waals surface area contributed by atoms with Gasteiger partial charge in [-0.15, -0.1) is 0 Å². The molecule has 1 rings (SSSR count). The van der Waals surface area contributed by atoms with Crippen molar-refractivity contribution in [3.8, 4) is 5.75 Å². The molecule has 0 atom stereocenters. The van der Waals surface area contributed by atoms with Crippen LogP contribution in [0.15, 0.2) is 18.2 Å². The quantitative estimate of drug-likeness (QED) is 0.838. The molecule has 0 spiro atoms. The molecule has 0 unspecified atom stereocenters. The molecule has 0 saturated carbocycles. The van der Waals surface area contributed by atoms with Gasteiger partial charge in [0.2, 0.25) is 0 Å². The predicted octanol–water partition coefficient (Wildman–Crippen LogP) is 3.04. The molecule has 1 N–H and O–H groups in total. The Kier molecular flexibility index (Phi) is 6.13. The maximum Gasteiger partial charge on any atom is 0.118 e. The monoisotopic (exact) mass is 271 g/mol. The van der Waals surface area contributed by atoms with Crippen LogP contribution in [0.1, 0.15) is 30.9 Å². The van der Waals surface area contributed by atoms with Gasteiger partial charge in [-0.3, -0.25) is 0 Å². The second-order valence-electron chi connectivity index (χ2n) is 3.22. The third-order valence-electron chi connectivity index (χ3n) is 2.08. The molecule has 1 aromatic rings. The Morgan fingerprint density at radius 1 is 1.31 bits per heavy atom. The summed E-state index contributed by atoms with van der Waals surface area (Å²) in [7, 11) is 0. The molecule has 0 fully saturated rings. The van der Waals surface area contributed by atoms with E-state index in [-0.39, 0.29) is 22.4 Å². The normalized spacial score (nSPS) is 9.38. The van der Waals surface area contributed by atoms with Crippen LogP contribution in [0.4, 0.5) is 0 Å². The van der Waals surface area contributed by atoms with Crippen molar-refractivity contribution in [2.45, 2.75) is 33.1 Å². The van der Waals surface area contributed by atoms with E-state index in [2.05, 4.69) is 13.0 Å². The number of benzene rings is 1. The van der Waals surface area contributed by atoms with Crippen molar-refractivity contribution >= 4 is 0 Å². The SMILES string of the molecule is CCCCc1ccc(O)c(C)c1.[Ag]. The number of rotatable bonds is 3. The van der Waals surface area contributed by atoms with Crippen LogP contribution in [0.5, 0.6) is 5.75 Å². The molecule has 0 aliphatic heterocycles. The second kappa shape index (κ2) is 6.25. The van der Waals surface area contributed by atoms with Gasteiger partial charge in [-0.25, -0.2) is 0 Å². The molecule has 0 aliphatic carbocycles. The molecule has 2 heteroatoms. The molecule has 1 nitrogen and oxygen atoms in total. The number of aryl methyl sites for hydroxylation is 2. The van der Waals surface area contributed by atoms with Gasteiger partial charge in [0.25, 0.3) is 0 Å². The van der Waals surface area contributed by atoms with Gasteiger partial charge < -0.3 is 5.11 Å². The van der Waals surface area contributed by atoms with Crippen LogP contribution in [0.25, 0.3) is 0 Å². The van der Waals surface area contributed by atoms with Crippen LogP contribution in [0.3, 0.4) is 0 Å². The van der Waals surface area contributed by atoms with E-state index >= 15 is 0 Å². The first kappa shape index (κ1) is 12.8. The Labute approximate surface area is 95.7 Å². The number of phenolic OH excluding ortho intramolecular Hbond substituents is 1. The molecule has 0 aliphatic rings. The summed E-state index contributed by atoms with van der Waals surface area (Å²) in [5.41, 5.74) is 2.30. The fourth-order valence-corrected chi connectivity index (χ4v) is 1.25. The number of hydrogen-bond donors (Lipinski definition) is 1. The first-order chi connectivity index (χ1) is 5.74. The summed E-state index contributed by atoms with van der Waals surface area (Å²) in [6.45, 7) is 4.12. The number of phenols is 1. The van der Waals surface area contributed by atoms with Crippen LogP contribution in [0.2, 0.25) is 0 Å². The van der Waals surface area contributed by atoms with E-state index in [0.29, 0.717) is 5.75 Å². The van der Waals surface area contributed by atoms with Crippen molar-refractivity contribution in [3.05, 3.63) is 29.3 Å². The Bertz CT molecular complexity index is 258. The molecule has 1 aromatic carbocycles. The Balaban J connectivity index is 0.00000144. The zero-order valence-electron chi connectivity index (χ0n) is 8.10. The number of hydrogen-bond acceptors (Lipinski definition) is 1. The first-order valence-corrected chi connectivity index (χ1v) is 4.52. The van der Waals surface area contributed by atoms with Crippen molar-refractivity contribution in [2.75, 3.05) is 0 Å². The predicted molar refractivity (Wildman–Crippen MR) is 51.5 cm³/mol. The van der Waals surface area contributed by atoms with Crippen molar-refractivity contribution in [1.82, 2.24) is 0 Å². The molecule has 77 valence electrons. The summed E-state index contributed by atoms with van der Waals surface area (Å²) >= 11 is 0.